The number of amides is 1. The molecule has 1 N–H and O–H groups in total. The van der Waals surface area contributed by atoms with Crippen molar-refractivity contribution in [3.63, 3.8) is 0 Å². The lowest BCUT2D eigenvalue weighted by Crippen LogP contribution is -2.31. The first-order valence-electron chi connectivity index (χ1n) is 8.20. The summed E-state index contributed by atoms with van der Waals surface area (Å²) in [5.74, 6) is -0.248. The van der Waals surface area contributed by atoms with Gasteiger partial charge in [-0.3, -0.25) is 9.59 Å². The summed E-state index contributed by atoms with van der Waals surface area (Å²) in [5.41, 5.74) is 2.34. The molecule has 126 valence electrons. The van der Waals surface area contributed by atoms with Gasteiger partial charge in [0.2, 0.25) is 0 Å². The Hall–Kier alpha value is -3.14. The molecule has 2 aromatic carbocycles. The summed E-state index contributed by atoms with van der Waals surface area (Å²) < 4.78 is 1.44. The van der Waals surface area contributed by atoms with Crippen LogP contribution in [-0.2, 0) is 13.5 Å². The summed E-state index contributed by atoms with van der Waals surface area (Å²) in [4.78, 5) is 24.4. The van der Waals surface area contributed by atoms with E-state index < -0.39 is 0 Å². The first kappa shape index (κ1) is 16.7. The summed E-state index contributed by atoms with van der Waals surface area (Å²) in [5, 5.41) is 3.06. The number of nitrogens with zero attached hydrogens (tertiary/aromatic N) is 1. The summed E-state index contributed by atoms with van der Waals surface area (Å²) >= 11 is 0. The van der Waals surface area contributed by atoms with Gasteiger partial charge in [0, 0.05) is 24.9 Å². The van der Waals surface area contributed by atoms with E-state index in [1.165, 1.54) is 10.6 Å². The highest BCUT2D eigenvalue weighted by atomic mass is 16.2. The van der Waals surface area contributed by atoms with E-state index in [1.807, 2.05) is 60.7 Å². The van der Waals surface area contributed by atoms with Crippen LogP contribution < -0.4 is 10.9 Å². The molecule has 1 unspecified atom stereocenters. The second-order valence-corrected chi connectivity index (χ2v) is 5.99. The number of aryl methyl sites for hydroxylation is 1. The number of pyridine rings is 1. The Bertz CT molecular complexity index is 902. The van der Waals surface area contributed by atoms with E-state index in [0.717, 1.165) is 11.1 Å². The van der Waals surface area contributed by atoms with E-state index in [2.05, 4.69) is 5.32 Å². The minimum absolute atomic E-state index is 0.167. The Balaban J connectivity index is 1.85. The van der Waals surface area contributed by atoms with Gasteiger partial charge in [-0.2, -0.15) is 0 Å². The second kappa shape index (κ2) is 7.62. The summed E-state index contributed by atoms with van der Waals surface area (Å²) in [7, 11) is 1.66. The van der Waals surface area contributed by atoms with Crippen LogP contribution in [0.25, 0.3) is 0 Å². The van der Waals surface area contributed by atoms with Gasteiger partial charge >= 0.3 is 0 Å². The Morgan fingerprint density at radius 1 is 1.00 bits per heavy atom. The van der Waals surface area contributed by atoms with Crippen LogP contribution in [0.2, 0.25) is 0 Å². The third-order valence-electron chi connectivity index (χ3n) is 4.16. The second-order valence-electron chi connectivity index (χ2n) is 5.99. The van der Waals surface area contributed by atoms with E-state index in [-0.39, 0.29) is 17.5 Å². The predicted molar refractivity (Wildman–Crippen MR) is 98.5 cm³/mol. The van der Waals surface area contributed by atoms with Gasteiger partial charge in [-0.05, 0) is 23.6 Å². The number of aromatic nitrogens is 1. The molecule has 0 bridgehead atoms. The molecule has 0 saturated heterocycles. The molecule has 0 fully saturated rings. The Morgan fingerprint density at radius 2 is 1.64 bits per heavy atom. The molecule has 0 radical (unpaired) electrons. The average Bonchev–Trinajstić information content (AvgIpc) is 2.65. The smallest absolute Gasteiger partial charge is 0.252 e. The van der Waals surface area contributed by atoms with Crippen molar-refractivity contribution in [3.8, 4) is 0 Å². The summed E-state index contributed by atoms with van der Waals surface area (Å²) in [6, 6.07) is 22.7. The molecular weight excluding hydrogens is 312 g/mol. The fraction of sp³-hybridized carbons (Fsp3) is 0.143. The lowest BCUT2D eigenvalue weighted by molar-refractivity contribution is 0.0936. The predicted octanol–water partition coefficient (Wildman–Crippen LogP) is 3.10. The minimum Gasteiger partial charge on any atom is -0.345 e. The van der Waals surface area contributed by atoms with Crippen molar-refractivity contribution in [2.75, 3.05) is 0 Å². The fourth-order valence-corrected chi connectivity index (χ4v) is 2.72. The van der Waals surface area contributed by atoms with Crippen LogP contribution in [0.3, 0.4) is 0 Å². The maximum absolute atomic E-state index is 12.6. The van der Waals surface area contributed by atoms with Crippen molar-refractivity contribution in [3.05, 3.63) is 106 Å². The van der Waals surface area contributed by atoms with Crippen molar-refractivity contribution >= 4 is 5.91 Å². The lowest BCUT2D eigenvalue weighted by atomic mass is 9.98. The van der Waals surface area contributed by atoms with E-state index in [4.69, 9.17) is 0 Å². The number of benzene rings is 2. The largest absolute Gasteiger partial charge is 0.345 e. The molecule has 4 nitrogen and oxygen atoms in total. The zero-order chi connectivity index (χ0) is 17.6. The number of hydrogen-bond acceptors (Lipinski definition) is 2. The van der Waals surface area contributed by atoms with Crippen LogP contribution in [0, 0.1) is 0 Å². The molecule has 1 heterocycles. The summed E-state index contributed by atoms with van der Waals surface area (Å²) in [6.45, 7) is 0. The van der Waals surface area contributed by atoms with Gasteiger partial charge in [0.05, 0.1) is 6.04 Å². The van der Waals surface area contributed by atoms with Gasteiger partial charge < -0.3 is 9.88 Å². The highest BCUT2D eigenvalue weighted by molar-refractivity contribution is 5.94. The molecule has 0 saturated carbocycles. The van der Waals surface area contributed by atoms with Crippen molar-refractivity contribution in [1.82, 2.24) is 9.88 Å². The van der Waals surface area contributed by atoms with E-state index in [9.17, 15) is 9.59 Å². The molecule has 1 atom stereocenters. The molecule has 3 rings (SSSR count). The fourth-order valence-electron chi connectivity index (χ4n) is 2.72. The molecule has 0 aliphatic rings. The van der Waals surface area contributed by atoms with Gasteiger partial charge in [0.1, 0.15) is 0 Å². The first-order chi connectivity index (χ1) is 12.1. The maximum atomic E-state index is 12.6. The van der Waals surface area contributed by atoms with Crippen LogP contribution in [0.15, 0.2) is 83.8 Å². The average molecular weight is 332 g/mol. The quantitative estimate of drug-likeness (QED) is 0.780. The maximum Gasteiger partial charge on any atom is 0.252 e. The van der Waals surface area contributed by atoms with Crippen LogP contribution >= 0.6 is 0 Å². The SMILES string of the molecule is Cn1ccc(C(=O)NC(Cc2ccccc2)c2ccccc2)cc1=O. The molecule has 1 amide bonds. The van der Waals surface area contributed by atoms with Gasteiger partial charge in [0.25, 0.3) is 11.5 Å². The molecule has 0 aliphatic carbocycles. The topological polar surface area (TPSA) is 51.1 Å². The van der Waals surface area contributed by atoms with E-state index in [1.54, 1.807) is 19.3 Å². The number of hydrogen-bond donors (Lipinski definition) is 1. The standard InChI is InChI=1S/C21H20N2O2/c1-23-13-12-18(15-20(23)24)21(25)22-19(17-10-6-3-7-11-17)14-16-8-4-2-5-9-16/h2-13,15,19H,14H2,1H3,(H,22,25). The molecule has 4 heteroatoms. The Kier molecular flexibility index (Phi) is 5.09. The van der Waals surface area contributed by atoms with Crippen LogP contribution in [0.4, 0.5) is 0 Å². The zero-order valence-corrected chi connectivity index (χ0v) is 14.1. The molecule has 25 heavy (non-hydrogen) atoms. The van der Waals surface area contributed by atoms with Gasteiger partial charge in [-0.15, -0.1) is 0 Å². The van der Waals surface area contributed by atoms with Crippen LogP contribution in [0.1, 0.15) is 27.5 Å². The Labute approximate surface area is 146 Å². The van der Waals surface area contributed by atoms with E-state index in [0.29, 0.717) is 12.0 Å². The van der Waals surface area contributed by atoms with Crippen molar-refractivity contribution in [2.24, 2.45) is 7.05 Å². The third-order valence-corrected chi connectivity index (χ3v) is 4.16. The highest BCUT2D eigenvalue weighted by Crippen LogP contribution is 2.19. The molecule has 3 aromatic rings. The van der Waals surface area contributed by atoms with Gasteiger partial charge in [-0.25, -0.2) is 0 Å². The first-order valence-corrected chi connectivity index (χ1v) is 8.20. The third kappa shape index (κ3) is 4.23. The van der Waals surface area contributed by atoms with Crippen molar-refractivity contribution in [1.29, 1.82) is 0 Å². The molecule has 0 spiro atoms. The van der Waals surface area contributed by atoms with E-state index >= 15 is 0 Å². The number of carbonyl (C=O) groups excluding carboxylic acids is 1. The van der Waals surface area contributed by atoms with Crippen LogP contribution in [0.5, 0.6) is 0 Å². The molecule has 0 aliphatic heterocycles. The molecule has 1 aromatic heterocycles. The molecular formula is C21H20N2O2. The zero-order valence-electron chi connectivity index (χ0n) is 14.1. The Morgan fingerprint density at radius 3 is 2.28 bits per heavy atom. The van der Waals surface area contributed by atoms with Crippen molar-refractivity contribution in [2.45, 2.75) is 12.5 Å². The monoisotopic (exact) mass is 332 g/mol. The summed E-state index contributed by atoms with van der Waals surface area (Å²) in [6.07, 6.45) is 2.29. The normalized spacial score (nSPS) is 11.7. The highest BCUT2D eigenvalue weighted by Gasteiger charge is 2.16. The van der Waals surface area contributed by atoms with Gasteiger partial charge in [-0.1, -0.05) is 60.7 Å². The number of nitrogens with one attached hydrogen (secondary N) is 1. The van der Waals surface area contributed by atoms with Crippen molar-refractivity contribution < 1.29 is 4.79 Å². The number of rotatable bonds is 5. The lowest BCUT2D eigenvalue weighted by Gasteiger charge is -2.19. The minimum atomic E-state index is -0.248. The number of carbonyl (C=O) groups is 1. The van der Waals surface area contributed by atoms with Crippen LogP contribution in [-0.4, -0.2) is 10.5 Å². The van der Waals surface area contributed by atoms with Gasteiger partial charge in [0.15, 0.2) is 0 Å².